The van der Waals surface area contributed by atoms with Gasteiger partial charge in [-0.25, -0.2) is 0 Å². The van der Waals surface area contributed by atoms with Crippen molar-refractivity contribution in [3.05, 3.63) is 0 Å². The lowest BCUT2D eigenvalue weighted by Gasteiger charge is -2.33. The Balaban J connectivity index is 2.36. The molecule has 0 bridgehead atoms. The highest BCUT2D eigenvalue weighted by Gasteiger charge is 2.29. The molecule has 0 aromatic carbocycles. The second kappa shape index (κ2) is 5.64. The Morgan fingerprint density at radius 3 is 2.44 bits per heavy atom. The van der Waals surface area contributed by atoms with E-state index in [1.54, 1.807) is 6.92 Å². The van der Waals surface area contributed by atoms with Crippen LogP contribution in [0.5, 0.6) is 0 Å². The molecule has 4 heteroatoms. The van der Waals surface area contributed by atoms with Gasteiger partial charge in [-0.3, -0.25) is 4.79 Å². The summed E-state index contributed by atoms with van der Waals surface area (Å²) in [5.74, 6) is -0.00931. The van der Waals surface area contributed by atoms with Crippen LogP contribution in [0.2, 0.25) is 0 Å². The van der Waals surface area contributed by atoms with E-state index in [-0.39, 0.29) is 5.91 Å². The molecule has 1 amide bonds. The summed E-state index contributed by atoms with van der Waals surface area (Å²) < 4.78 is 0. The van der Waals surface area contributed by atoms with E-state index in [9.17, 15) is 4.79 Å². The van der Waals surface area contributed by atoms with Crippen LogP contribution in [-0.2, 0) is 4.79 Å². The van der Waals surface area contributed by atoms with Gasteiger partial charge < -0.3 is 16.0 Å². The molecule has 0 aromatic heterocycles. The number of hydrogen-bond acceptors (Lipinski definition) is 3. The molecule has 1 aliphatic rings. The molecule has 1 atom stereocenters. The largest absolute Gasteiger partial charge is 0.352 e. The lowest BCUT2D eigenvalue weighted by molar-refractivity contribution is -0.126. The Kier molecular flexibility index (Phi) is 4.74. The maximum absolute atomic E-state index is 11.9. The van der Waals surface area contributed by atoms with E-state index in [2.05, 4.69) is 17.1 Å². The molecule has 4 nitrogen and oxygen atoms in total. The predicted molar refractivity (Wildman–Crippen MR) is 66.2 cm³/mol. The number of amides is 1. The van der Waals surface area contributed by atoms with Gasteiger partial charge in [0.15, 0.2) is 0 Å². The molecule has 1 fully saturated rings. The number of rotatable bonds is 4. The van der Waals surface area contributed by atoms with Crippen molar-refractivity contribution in [1.82, 2.24) is 10.2 Å². The van der Waals surface area contributed by atoms with Crippen LogP contribution < -0.4 is 11.1 Å². The number of piperidine rings is 1. The Bertz CT molecular complexity index is 232. The maximum Gasteiger partial charge on any atom is 0.240 e. The van der Waals surface area contributed by atoms with E-state index in [0.29, 0.717) is 12.5 Å². The van der Waals surface area contributed by atoms with Gasteiger partial charge in [-0.05, 0) is 32.7 Å². The van der Waals surface area contributed by atoms with Crippen molar-refractivity contribution in [2.45, 2.75) is 51.6 Å². The first-order valence-electron chi connectivity index (χ1n) is 6.31. The van der Waals surface area contributed by atoms with E-state index in [1.165, 1.54) is 0 Å². The zero-order valence-corrected chi connectivity index (χ0v) is 10.8. The number of nitrogens with one attached hydrogen (secondary N) is 1. The summed E-state index contributed by atoms with van der Waals surface area (Å²) in [6, 6.07) is 0.310. The van der Waals surface area contributed by atoms with Gasteiger partial charge in [-0.2, -0.15) is 0 Å². The predicted octanol–water partition coefficient (Wildman–Crippen LogP) is 0.714. The molecule has 0 saturated carbocycles. The Hall–Kier alpha value is -0.610. The van der Waals surface area contributed by atoms with Crippen LogP contribution in [0, 0.1) is 0 Å². The van der Waals surface area contributed by atoms with Crippen LogP contribution in [0.3, 0.4) is 0 Å². The van der Waals surface area contributed by atoms with Gasteiger partial charge in [0.25, 0.3) is 0 Å². The van der Waals surface area contributed by atoms with Crippen LogP contribution >= 0.6 is 0 Å². The van der Waals surface area contributed by atoms with Crippen molar-refractivity contribution < 1.29 is 4.79 Å². The molecule has 94 valence electrons. The number of carbonyl (C=O) groups excluding carboxylic acids is 1. The van der Waals surface area contributed by atoms with Gasteiger partial charge in [0, 0.05) is 19.1 Å². The van der Waals surface area contributed by atoms with Crippen molar-refractivity contribution in [3.8, 4) is 0 Å². The summed E-state index contributed by atoms with van der Waals surface area (Å²) in [6.07, 6.45) is 2.76. The van der Waals surface area contributed by atoms with Crippen molar-refractivity contribution in [2.75, 3.05) is 19.6 Å². The third-order valence-corrected chi connectivity index (χ3v) is 3.62. The van der Waals surface area contributed by atoms with E-state index in [4.69, 9.17) is 5.73 Å². The summed E-state index contributed by atoms with van der Waals surface area (Å²) in [7, 11) is 0. The van der Waals surface area contributed by atoms with Crippen molar-refractivity contribution in [1.29, 1.82) is 0 Å². The summed E-state index contributed by atoms with van der Waals surface area (Å²) in [6.45, 7) is 9.17. The van der Waals surface area contributed by atoms with Crippen LogP contribution in [0.25, 0.3) is 0 Å². The molecule has 1 rings (SSSR count). The number of nitrogens with zero attached hydrogens (tertiary/aromatic N) is 1. The zero-order valence-electron chi connectivity index (χ0n) is 10.8. The molecule has 1 unspecified atom stereocenters. The highest BCUT2D eigenvalue weighted by Crippen LogP contribution is 2.12. The third kappa shape index (κ3) is 3.46. The standard InChI is InChI=1S/C12H25N3O/c1-4-12(3,13)11(16)14-10-6-8-15(5-2)9-7-10/h10H,4-9,13H2,1-3H3,(H,14,16). The number of nitrogens with two attached hydrogens (primary N) is 1. The number of carbonyl (C=O) groups is 1. The molecule has 16 heavy (non-hydrogen) atoms. The molecule has 1 saturated heterocycles. The Morgan fingerprint density at radius 2 is 2.00 bits per heavy atom. The van der Waals surface area contributed by atoms with E-state index in [0.717, 1.165) is 32.5 Å². The number of likely N-dealkylation sites (tertiary alicyclic amines) is 1. The minimum absolute atomic E-state index is 0.00931. The minimum atomic E-state index is -0.720. The molecule has 0 radical (unpaired) electrons. The lowest BCUT2D eigenvalue weighted by atomic mass is 9.97. The molecule has 0 aromatic rings. The second-order valence-corrected chi connectivity index (χ2v) is 4.95. The van der Waals surface area contributed by atoms with Crippen molar-refractivity contribution in [3.63, 3.8) is 0 Å². The smallest absolute Gasteiger partial charge is 0.240 e. The summed E-state index contributed by atoms with van der Waals surface area (Å²) in [5, 5.41) is 3.06. The first-order chi connectivity index (χ1) is 7.49. The molecule has 3 N–H and O–H groups in total. The first-order valence-corrected chi connectivity index (χ1v) is 6.31. The first kappa shape index (κ1) is 13.5. The zero-order chi connectivity index (χ0) is 12.2. The van der Waals surface area contributed by atoms with Gasteiger partial charge in [-0.15, -0.1) is 0 Å². The summed E-state index contributed by atoms with van der Waals surface area (Å²) >= 11 is 0. The third-order valence-electron chi connectivity index (χ3n) is 3.62. The molecular formula is C12H25N3O. The van der Waals surface area contributed by atoms with Crippen LogP contribution in [0.1, 0.15) is 40.0 Å². The second-order valence-electron chi connectivity index (χ2n) is 4.95. The normalized spacial score (nSPS) is 22.8. The van der Waals surface area contributed by atoms with Crippen molar-refractivity contribution >= 4 is 5.91 Å². The quantitative estimate of drug-likeness (QED) is 0.744. The van der Waals surface area contributed by atoms with Crippen LogP contribution in [0.4, 0.5) is 0 Å². The van der Waals surface area contributed by atoms with E-state index >= 15 is 0 Å². The fourth-order valence-electron chi connectivity index (χ4n) is 1.90. The minimum Gasteiger partial charge on any atom is -0.352 e. The van der Waals surface area contributed by atoms with Gasteiger partial charge in [-0.1, -0.05) is 13.8 Å². The molecule has 0 aliphatic carbocycles. The highest BCUT2D eigenvalue weighted by atomic mass is 16.2. The van der Waals surface area contributed by atoms with E-state index < -0.39 is 5.54 Å². The number of hydrogen-bond donors (Lipinski definition) is 2. The van der Waals surface area contributed by atoms with Gasteiger partial charge >= 0.3 is 0 Å². The van der Waals surface area contributed by atoms with Crippen molar-refractivity contribution in [2.24, 2.45) is 5.73 Å². The topological polar surface area (TPSA) is 58.4 Å². The Labute approximate surface area is 98.6 Å². The Morgan fingerprint density at radius 1 is 1.44 bits per heavy atom. The molecule has 0 spiro atoms. The van der Waals surface area contributed by atoms with Crippen LogP contribution in [0.15, 0.2) is 0 Å². The molecule has 1 aliphatic heterocycles. The van der Waals surface area contributed by atoms with Gasteiger partial charge in [0.05, 0.1) is 5.54 Å². The van der Waals surface area contributed by atoms with Gasteiger partial charge in [0.1, 0.15) is 0 Å². The van der Waals surface area contributed by atoms with E-state index in [1.807, 2.05) is 6.92 Å². The highest BCUT2D eigenvalue weighted by molar-refractivity contribution is 5.85. The van der Waals surface area contributed by atoms with Crippen LogP contribution in [-0.4, -0.2) is 42.0 Å². The average molecular weight is 227 g/mol. The summed E-state index contributed by atoms with van der Waals surface area (Å²) in [5.41, 5.74) is 5.19. The monoisotopic (exact) mass is 227 g/mol. The molecular weight excluding hydrogens is 202 g/mol. The average Bonchev–Trinajstić information content (AvgIpc) is 2.30. The summed E-state index contributed by atoms with van der Waals surface area (Å²) in [4.78, 5) is 14.3. The lowest BCUT2D eigenvalue weighted by Crippen LogP contribution is -2.55. The van der Waals surface area contributed by atoms with Gasteiger partial charge in [0.2, 0.25) is 5.91 Å². The maximum atomic E-state index is 11.9. The fraction of sp³-hybridized carbons (Fsp3) is 0.917. The SMILES string of the molecule is CCN1CCC(NC(=O)C(C)(N)CC)CC1. The fourth-order valence-corrected chi connectivity index (χ4v) is 1.90. The molecule has 1 heterocycles.